The van der Waals surface area contributed by atoms with Gasteiger partial charge in [-0.05, 0) is 53.4 Å². The second-order valence-corrected chi connectivity index (χ2v) is 9.61. The van der Waals surface area contributed by atoms with Crippen LogP contribution in [0.2, 0.25) is 5.02 Å². The Morgan fingerprint density at radius 1 is 1.07 bits per heavy atom. The Kier molecular flexibility index (Phi) is 6.68. The molecular weight excluding hydrogens is 420 g/mol. The number of hydrogen-bond acceptors (Lipinski definition) is 3. The molecule has 1 N–H and O–H groups in total. The smallest absolute Gasteiger partial charge is 0.244 e. The molecule has 0 aliphatic heterocycles. The maximum absolute atomic E-state index is 13.0. The molecule has 0 saturated carbocycles. The van der Waals surface area contributed by atoms with Crippen molar-refractivity contribution in [3.05, 3.63) is 76.8 Å². The van der Waals surface area contributed by atoms with Crippen molar-refractivity contribution in [2.45, 2.75) is 32.9 Å². The van der Waals surface area contributed by atoms with Crippen molar-refractivity contribution in [1.29, 1.82) is 0 Å². The highest BCUT2D eigenvalue weighted by Gasteiger charge is 2.32. The standard InChI is InChI=1S/C23H25ClN2O3S/c1-4-21(26(30(3,28)29)22-14-20(24)12-9-16(22)2)23(27)25-15-17-10-11-18-7-5-6-8-19(18)13-17/h5-14,21H,4,15H2,1-3H3,(H,25,27). The quantitative estimate of drug-likeness (QED) is 0.576. The van der Waals surface area contributed by atoms with E-state index >= 15 is 0 Å². The molecule has 1 amide bonds. The molecule has 0 saturated heterocycles. The second kappa shape index (κ2) is 9.06. The fraction of sp³-hybridized carbons (Fsp3) is 0.261. The maximum atomic E-state index is 13.0. The fourth-order valence-corrected chi connectivity index (χ4v) is 4.94. The molecule has 0 radical (unpaired) electrons. The lowest BCUT2D eigenvalue weighted by molar-refractivity contribution is -0.122. The van der Waals surface area contributed by atoms with Crippen molar-refractivity contribution < 1.29 is 13.2 Å². The highest BCUT2D eigenvalue weighted by atomic mass is 35.5. The van der Waals surface area contributed by atoms with Crippen LogP contribution in [0.25, 0.3) is 10.8 Å². The van der Waals surface area contributed by atoms with Crippen molar-refractivity contribution in [3.63, 3.8) is 0 Å². The number of anilines is 1. The van der Waals surface area contributed by atoms with E-state index in [0.29, 0.717) is 23.7 Å². The molecule has 158 valence electrons. The van der Waals surface area contributed by atoms with Crippen LogP contribution < -0.4 is 9.62 Å². The third kappa shape index (κ3) is 4.94. The molecule has 3 rings (SSSR count). The van der Waals surface area contributed by atoms with E-state index in [1.807, 2.05) is 42.5 Å². The Morgan fingerprint density at radius 3 is 2.43 bits per heavy atom. The van der Waals surface area contributed by atoms with Gasteiger partial charge in [0.1, 0.15) is 6.04 Å². The zero-order valence-corrected chi connectivity index (χ0v) is 18.8. The third-order valence-corrected chi connectivity index (χ3v) is 6.42. The molecule has 1 unspecified atom stereocenters. The highest BCUT2D eigenvalue weighted by Crippen LogP contribution is 2.29. The summed E-state index contributed by atoms with van der Waals surface area (Å²) in [4.78, 5) is 13.0. The predicted molar refractivity (Wildman–Crippen MR) is 123 cm³/mol. The van der Waals surface area contributed by atoms with Gasteiger partial charge < -0.3 is 5.32 Å². The van der Waals surface area contributed by atoms with Gasteiger partial charge in [0.2, 0.25) is 15.9 Å². The minimum atomic E-state index is -3.71. The second-order valence-electron chi connectivity index (χ2n) is 7.31. The molecule has 0 aliphatic carbocycles. The van der Waals surface area contributed by atoms with Crippen LogP contribution in [0.5, 0.6) is 0 Å². The van der Waals surface area contributed by atoms with Gasteiger partial charge in [-0.15, -0.1) is 0 Å². The monoisotopic (exact) mass is 444 g/mol. The zero-order valence-electron chi connectivity index (χ0n) is 17.2. The van der Waals surface area contributed by atoms with Gasteiger partial charge in [0.05, 0.1) is 11.9 Å². The topological polar surface area (TPSA) is 66.5 Å². The van der Waals surface area contributed by atoms with Crippen LogP contribution in [0.1, 0.15) is 24.5 Å². The average molecular weight is 445 g/mol. The van der Waals surface area contributed by atoms with Gasteiger partial charge in [0, 0.05) is 11.6 Å². The number of amides is 1. The van der Waals surface area contributed by atoms with E-state index in [4.69, 9.17) is 11.6 Å². The number of rotatable bonds is 7. The summed E-state index contributed by atoms with van der Waals surface area (Å²) in [5, 5.41) is 5.52. The van der Waals surface area contributed by atoms with Gasteiger partial charge in [0.15, 0.2) is 0 Å². The summed E-state index contributed by atoms with van der Waals surface area (Å²) >= 11 is 6.11. The highest BCUT2D eigenvalue weighted by molar-refractivity contribution is 7.92. The molecule has 30 heavy (non-hydrogen) atoms. The van der Waals surface area contributed by atoms with Gasteiger partial charge in [-0.3, -0.25) is 9.10 Å². The van der Waals surface area contributed by atoms with Crippen LogP contribution in [-0.4, -0.2) is 26.6 Å². The van der Waals surface area contributed by atoms with Gasteiger partial charge in [0.25, 0.3) is 0 Å². The Hall–Kier alpha value is -2.57. The number of halogens is 1. The van der Waals surface area contributed by atoms with Crippen molar-refractivity contribution >= 4 is 44.0 Å². The molecule has 0 aliphatic rings. The first-order valence-electron chi connectivity index (χ1n) is 9.71. The number of carbonyl (C=O) groups is 1. The summed E-state index contributed by atoms with van der Waals surface area (Å²) in [5.41, 5.74) is 2.09. The zero-order chi connectivity index (χ0) is 21.9. The van der Waals surface area contributed by atoms with E-state index in [2.05, 4.69) is 5.32 Å². The molecule has 0 fully saturated rings. The van der Waals surface area contributed by atoms with Crippen molar-refractivity contribution in [2.24, 2.45) is 0 Å². The van der Waals surface area contributed by atoms with E-state index in [1.165, 1.54) is 4.31 Å². The molecular formula is C23H25ClN2O3S. The summed E-state index contributed by atoms with van der Waals surface area (Å²) in [7, 11) is -3.71. The predicted octanol–water partition coefficient (Wildman–Crippen LogP) is 4.66. The first kappa shape index (κ1) is 22.1. The van der Waals surface area contributed by atoms with Gasteiger partial charge >= 0.3 is 0 Å². The summed E-state index contributed by atoms with van der Waals surface area (Å²) < 4.78 is 26.4. The Labute approximate surface area is 182 Å². The summed E-state index contributed by atoms with van der Waals surface area (Å²) in [6.45, 7) is 3.90. The normalized spacial score (nSPS) is 12.5. The number of nitrogens with zero attached hydrogens (tertiary/aromatic N) is 1. The number of sulfonamides is 1. The lowest BCUT2D eigenvalue weighted by Crippen LogP contribution is -2.49. The largest absolute Gasteiger partial charge is 0.350 e. The molecule has 0 bridgehead atoms. The molecule has 0 spiro atoms. The van der Waals surface area contributed by atoms with Gasteiger partial charge in [-0.1, -0.05) is 61.0 Å². The minimum Gasteiger partial charge on any atom is -0.350 e. The molecule has 0 aromatic heterocycles. The lowest BCUT2D eigenvalue weighted by atomic mass is 10.1. The molecule has 3 aromatic carbocycles. The number of aryl methyl sites for hydroxylation is 1. The maximum Gasteiger partial charge on any atom is 0.244 e. The average Bonchev–Trinajstić information content (AvgIpc) is 2.71. The Morgan fingerprint density at radius 2 is 1.77 bits per heavy atom. The lowest BCUT2D eigenvalue weighted by Gasteiger charge is -2.31. The summed E-state index contributed by atoms with van der Waals surface area (Å²) in [5.74, 6) is -0.351. The van der Waals surface area contributed by atoms with Crippen LogP contribution in [0.15, 0.2) is 60.7 Å². The summed E-state index contributed by atoms with van der Waals surface area (Å²) in [6.07, 6.45) is 1.43. The van der Waals surface area contributed by atoms with Crippen LogP contribution >= 0.6 is 11.6 Å². The first-order valence-corrected chi connectivity index (χ1v) is 11.9. The van der Waals surface area contributed by atoms with Crippen LogP contribution in [0.4, 0.5) is 5.69 Å². The van der Waals surface area contributed by atoms with Gasteiger partial charge in [-0.25, -0.2) is 8.42 Å². The molecule has 3 aromatic rings. The van der Waals surface area contributed by atoms with E-state index in [1.54, 1.807) is 32.0 Å². The number of benzene rings is 3. The van der Waals surface area contributed by atoms with Crippen LogP contribution in [-0.2, 0) is 21.4 Å². The SMILES string of the molecule is CCC(C(=O)NCc1ccc2ccccc2c1)N(c1cc(Cl)ccc1C)S(C)(=O)=O. The van der Waals surface area contributed by atoms with Crippen LogP contribution in [0.3, 0.4) is 0 Å². The fourth-order valence-electron chi connectivity index (χ4n) is 3.51. The molecule has 7 heteroatoms. The minimum absolute atomic E-state index is 0.312. The van der Waals surface area contributed by atoms with Gasteiger partial charge in [-0.2, -0.15) is 0 Å². The third-order valence-electron chi connectivity index (χ3n) is 5.02. The van der Waals surface area contributed by atoms with Crippen LogP contribution in [0, 0.1) is 6.92 Å². The van der Waals surface area contributed by atoms with E-state index in [-0.39, 0.29) is 5.91 Å². The molecule has 5 nitrogen and oxygen atoms in total. The van der Waals surface area contributed by atoms with E-state index in [9.17, 15) is 13.2 Å². The Bertz CT molecular complexity index is 1180. The number of nitrogens with one attached hydrogen (secondary N) is 1. The molecule has 1 atom stereocenters. The van der Waals surface area contributed by atoms with Crippen molar-refractivity contribution in [3.8, 4) is 0 Å². The van der Waals surface area contributed by atoms with Crippen molar-refractivity contribution in [2.75, 3.05) is 10.6 Å². The number of carbonyl (C=O) groups excluding carboxylic acids is 1. The molecule has 0 heterocycles. The Balaban J connectivity index is 1.85. The number of fused-ring (bicyclic) bond motifs is 1. The summed E-state index contributed by atoms with van der Waals surface area (Å²) in [6, 6.07) is 18.1. The number of hydrogen-bond donors (Lipinski definition) is 1. The van der Waals surface area contributed by atoms with Crippen molar-refractivity contribution in [1.82, 2.24) is 5.32 Å². The first-order chi connectivity index (χ1) is 14.2. The van der Waals surface area contributed by atoms with E-state index < -0.39 is 16.1 Å². The van der Waals surface area contributed by atoms with E-state index in [0.717, 1.165) is 28.2 Å².